The summed E-state index contributed by atoms with van der Waals surface area (Å²) in [6, 6.07) is 13.1. The topological polar surface area (TPSA) is 44.9 Å². The van der Waals surface area contributed by atoms with Gasteiger partial charge in [-0.3, -0.25) is 4.79 Å². The molecule has 0 bridgehead atoms. The van der Waals surface area contributed by atoms with Gasteiger partial charge in [0, 0.05) is 38.7 Å². The standard InChI is InChI=1S/C17H14BrClN2O/c18-13-3-1-2-11(8-13)17(22)20-7-6-12-10-21-16-9-14(19)4-5-15(12)16/h1-5,8-10,21H,6-7H2,(H,20,22). The Morgan fingerprint density at radius 2 is 2.09 bits per heavy atom. The van der Waals surface area contributed by atoms with Crippen LogP contribution in [0.2, 0.25) is 5.02 Å². The summed E-state index contributed by atoms with van der Waals surface area (Å²) in [5.41, 5.74) is 2.84. The number of hydrogen-bond donors (Lipinski definition) is 2. The van der Waals surface area contributed by atoms with Gasteiger partial charge in [0.2, 0.25) is 0 Å². The Morgan fingerprint density at radius 1 is 1.23 bits per heavy atom. The lowest BCUT2D eigenvalue weighted by Crippen LogP contribution is -2.25. The van der Waals surface area contributed by atoms with Gasteiger partial charge in [0.1, 0.15) is 0 Å². The fourth-order valence-corrected chi connectivity index (χ4v) is 2.98. The fraction of sp³-hybridized carbons (Fsp3) is 0.118. The zero-order valence-corrected chi connectivity index (χ0v) is 14.0. The molecule has 0 atom stereocenters. The molecule has 1 aromatic heterocycles. The van der Waals surface area contributed by atoms with E-state index in [0.29, 0.717) is 17.1 Å². The maximum Gasteiger partial charge on any atom is 0.251 e. The maximum absolute atomic E-state index is 12.1. The van der Waals surface area contributed by atoms with Gasteiger partial charge in [-0.25, -0.2) is 0 Å². The molecule has 1 heterocycles. The summed E-state index contributed by atoms with van der Waals surface area (Å²) in [5, 5.41) is 4.79. The molecule has 0 saturated heterocycles. The largest absolute Gasteiger partial charge is 0.361 e. The van der Waals surface area contributed by atoms with Crippen molar-refractivity contribution in [1.29, 1.82) is 0 Å². The van der Waals surface area contributed by atoms with Crippen molar-refractivity contribution in [2.24, 2.45) is 0 Å². The molecule has 0 radical (unpaired) electrons. The van der Waals surface area contributed by atoms with E-state index in [9.17, 15) is 4.79 Å². The summed E-state index contributed by atoms with van der Waals surface area (Å²) in [4.78, 5) is 15.3. The number of rotatable bonds is 4. The van der Waals surface area contributed by atoms with Crippen LogP contribution in [-0.2, 0) is 6.42 Å². The highest BCUT2D eigenvalue weighted by molar-refractivity contribution is 9.10. The Morgan fingerprint density at radius 3 is 2.91 bits per heavy atom. The zero-order valence-electron chi connectivity index (χ0n) is 11.7. The summed E-state index contributed by atoms with van der Waals surface area (Å²) in [6.45, 7) is 0.584. The van der Waals surface area contributed by atoms with E-state index in [0.717, 1.165) is 21.8 Å². The minimum absolute atomic E-state index is 0.0656. The second-order valence-electron chi connectivity index (χ2n) is 5.02. The molecule has 3 nitrogen and oxygen atoms in total. The molecule has 2 N–H and O–H groups in total. The maximum atomic E-state index is 12.1. The Labute approximate surface area is 141 Å². The van der Waals surface area contributed by atoms with Crippen molar-refractivity contribution in [2.45, 2.75) is 6.42 Å². The average Bonchev–Trinajstić information content (AvgIpc) is 2.89. The van der Waals surface area contributed by atoms with Crippen LogP contribution in [0.3, 0.4) is 0 Å². The van der Waals surface area contributed by atoms with Gasteiger partial charge in [0.05, 0.1) is 0 Å². The highest BCUT2D eigenvalue weighted by Crippen LogP contribution is 2.22. The van der Waals surface area contributed by atoms with Gasteiger partial charge in [-0.2, -0.15) is 0 Å². The number of carbonyl (C=O) groups excluding carboxylic acids is 1. The SMILES string of the molecule is O=C(NCCc1c[nH]c2cc(Cl)ccc12)c1cccc(Br)c1. The molecule has 22 heavy (non-hydrogen) atoms. The number of aromatic nitrogens is 1. The third kappa shape index (κ3) is 3.34. The lowest BCUT2D eigenvalue weighted by molar-refractivity contribution is 0.0954. The van der Waals surface area contributed by atoms with E-state index in [1.165, 1.54) is 5.56 Å². The lowest BCUT2D eigenvalue weighted by atomic mass is 10.1. The summed E-state index contributed by atoms with van der Waals surface area (Å²) < 4.78 is 0.897. The molecule has 2 aromatic carbocycles. The molecular weight excluding hydrogens is 364 g/mol. The summed E-state index contributed by atoms with van der Waals surface area (Å²) in [6.07, 6.45) is 2.73. The van der Waals surface area contributed by atoms with E-state index in [-0.39, 0.29) is 5.91 Å². The van der Waals surface area contributed by atoms with Crippen molar-refractivity contribution in [1.82, 2.24) is 10.3 Å². The van der Waals surface area contributed by atoms with E-state index < -0.39 is 0 Å². The summed E-state index contributed by atoms with van der Waals surface area (Å²) >= 11 is 9.34. The van der Waals surface area contributed by atoms with E-state index in [1.54, 1.807) is 6.07 Å². The highest BCUT2D eigenvalue weighted by Gasteiger charge is 2.07. The monoisotopic (exact) mass is 376 g/mol. The van der Waals surface area contributed by atoms with Crippen molar-refractivity contribution in [3.8, 4) is 0 Å². The van der Waals surface area contributed by atoms with Crippen molar-refractivity contribution < 1.29 is 4.79 Å². The third-order valence-corrected chi connectivity index (χ3v) is 4.22. The number of H-pyrrole nitrogens is 1. The van der Waals surface area contributed by atoms with E-state index in [2.05, 4.69) is 26.2 Å². The zero-order chi connectivity index (χ0) is 15.5. The van der Waals surface area contributed by atoms with Crippen LogP contribution in [0.1, 0.15) is 15.9 Å². The quantitative estimate of drug-likeness (QED) is 0.688. The average molecular weight is 378 g/mol. The fourth-order valence-electron chi connectivity index (χ4n) is 2.41. The Kier molecular flexibility index (Phi) is 4.50. The number of nitrogens with one attached hydrogen (secondary N) is 2. The molecule has 1 amide bonds. The molecule has 112 valence electrons. The van der Waals surface area contributed by atoms with Crippen LogP contribution in [0.5, 0.6) is 0 Å². The molecule has 0 unspecified atom stereocenters. The summed E-state index contributed by atoms with van der Waals surface area (Å²) in [5.74, 6) is -0.0656. The first-order chi connectivity index (χ1) is 10.6. The molecule has 3 aromatic rings. The Hall–Kier alpha value is -1.78. The molecule has 3 rings (SSSR count). The predicted molar refractivity (Wildman–Crippen MR) is 93.5 cm³/mol. The molecular formula is C17H14BrClN2O. The van der Waals surface area contributed by atoms with Gasteiger partial charge < -0.3 is 10.3 Å². The van der Waals surface area contributed by atoms with Gasteiger partial charge >= 0.3 is 0 Å². The Bertz CT molecular complexity index is 828. The second kappa shape index (κ2) is 6.55. The van der Waals surface area contributed by atoms with Crippen LogP contribution in [0, 0.1) is 0 Å². The van der Waals surface area contributed by atoms with Crippen LogP contribution >= 0.6 is 27.5 Å². The second-order valence-corrected chi connectivity index (χ2v) is 6.37. The number of carbonyl (C=O) groups is 1. The smallest absolute Gasteiger partial charge is 0.251 e. The third-order valence-electron chi connectivity index (χ3n) is 3.50. The van der Waals surface area contributed by atoms with Crippen molar-refractivity contribution >= 4 is 44.3 Å². The number of benzene rings is 2. The van der Waals surface area contributed by atoms with Crippen LogP contribution in [0.4, 0.5) is 0 Å². The first-order valence-electron chi connectivity index (χ1n) is 6.93. The number of fused-ring (bicyclic) bond motifs is 1. The van der Waals surface area contributed by atoms with Gasteiger partial charge in [-0.05, 0) is 42.3 Å². The molecule has 0 fully saturated rings. The minimum Gasteiger partial charge on any atom is -0.361 e. The van der Waals surface area contributed by atoms with Gasteiger partial charge in [-0.1, -0.05) is 39.7 Å². The van der Waals surface area contributed by atoms with Crippen LogP contribution in [-0.4, -0.2) is 17.4 Å². The van der Waals surface area contributed by atoms with Gasteiger partial charge in [0.25, 0.3) is 5.91 Å². The molecule has 0 spiro atoms. The van der Waals surface area contributed by atoms with Crippen molar-refractivity contribution in [3.05, 3.63) is 69.3 Å². The Balaban J connectivity index is 1.64. The number of amides is 1. The predicted octanol–water partition coefficient (Wildman–Crippen LogP) is 4.56. The van der Waals surface area contributed by atoms with E-state index in [1.807, 2.05) is 42.6 Å². The molecule has 5 heteroatoms. The van der Waals surface area contributed by atoms with Crippen LogP contribution in [0.25, 0.3) is 10.9 Å². The van der Waals surface area contributed by atoms with Gasteiger partial charge in [0.15, 0.2) is 0 Å². The van der Waals surface area contributed by atoms with E-state index >= 15 is 0 Å². The molecule has 0 aliphatic rings. The van der Waals surface area contributed by atoms with Gasteiger partial charge in [-0.15, -0.1) is 0 Å². The van der Waals surface area contributed by atoms with Crippen LogP contribution in [0.15, 0.2) is 53.1 Å². The lowest BCUT2D eigenvalue weighted by Gasteiger charge is -2.05. The number of halogens is 2. The number of hydrogen-bond acceptors (Lipinski definition) is 1. The van der Waals surface area contributed by atoms with E-state index in [4.69, 9.17) is 11.6 Å². The summed E-state index contributed by atoms with van der Waals surface area (Å²) in [7, 11) is 0. The first kappa shape index (κ1) is 15.1. The minimum atomic E-state index is -0.0656. The normalized spacial score (nSPS) is 10.8. The van der Waals surface area contributed by atoms with Crippen molar-refractivity contribution in [2.75, 3.05) is 6.54 Å². The van der Waals surface area contributed by atoms with Crippen LogP contribution < -0.4 is 5.32 Å². The molecule has 0 aliphatic carbocycles. The highest BCUT2D eigenvalue weighted by atomic mass is 79.9. The van der Waals surface area contributed by atoms with Crippen molar-refractivity contribution in [3.63, 3.8) is 0 Å². The first-order valence-corrected chi connectivity index (χ1v) is 8.10. The molecule has 0 aliphatic heterocycles. The number of aromatic amines is 1. The molecule has 0 saturated carbocycles.